The Labute approximate surface area is 84.6 Å². The number of nitrogens with one attached hydrogen (secondary N) is 1. The highest BCUT2D eigenvalue weighted by Crippen LogP contribution is 2.30. The fraction of sp³-hybridized carbons (Fsp3) is 0.143. The lowest BCUT2D eigenvalue weighted by Gasteiger charge is -2.05. The van der Waals surface area contributed by atoms with E-state index in [1.165, 1.54) is 6.07 Å². The van der Waals surface area contributed by atoms with Gasteiger partial charge >= 0.3 is 0 Å². The first-order chi connectivity index (χ1) is 6.11. The maximum Gasteiger partial charge on any atom is 0.162 e. The van der Waals surface area contributed by atoms with Crippen LogP contribution >= 0.6 is 23.2 Å². The summed E-state index contributed by atoms with van der Waals surface area (Å²) in [5.41, 5.74) is 2.80. The molecule has 70 valence electrons. The predicted octanol–water partition coefficient (Wildman–Crippen LogP) is 2.77. The molecule has 1 rings (SSSR count). The molecule has 0 atom stereocenters. The Balaban J connectivity index is 2.97. The zero-order valence-electron chi connectivity index (χ0n) is 6.41. The zero-order chi connectivity index (χ0) is 9.84. The molecule has 0 radical (unpaired) electrons. The topological polar surface area (TPSA) is 55.2 Å². The van der Waals surface area contributed by atoms with Crippen LogP contribution in [0.2, 0.25) is 0 Å². The summed E-state index contributed by atoms with van der Waals surface area (Å²) in [4.78, 5) is 9.38. The molecular weight excluding hydrogens is 215 g/mol. The van der Waals surface area contributed by atoms with E-state index in [2.05, 4.69) is 0 Å². The number of hydrazine groups is 1. The molecule has 4 nitrogen and oxygen atoms in total. The van der Waals surface area contributed by atoms with Crippen molar-refractivity contribution in [1.29, 1.82) is 0 Å². The molecular formula is C7H6Cl2N2O2. The molecule has 0 heterocycles. The van der Waals surface area contributed by atoms with Crippen LogP contribution in [-0.2, 0) is 0 Å². The lowest BCUT2D eigenvalue weighted by atomic mass is 10.2. The van der Waals surface area contributed by atoms with Crippen LogP contribution in [0.25, 0.3) is 0 Å². The normalized spacial score (nSPS) is 10.1. The maximum absolute atomic E-state index is 10.2. The van der Waals surface area contributed by atoms with E-state index < -0.39 is 9.87 Å². The van der Waals surface area contributed by atoms with Gasteiger partial charge in [0.1, 0.15) is 10.5 Å². The van der Waals surface area contributed by atoms with E-state index in [0.717, 1.165) is 0 Å². The van der Waals surface area contributed by atoms with Crippen LogP contribution in [0.5, 0.6) is 0 Å². The standard InChI is InChI=1S/C7H6Cl2N2O2/c8-7(9)5-3-1-2-4-6(5)10-11(12)13/h1-4,7,10H. The number of anilines is 1. The molecule has 0 saturated carbocycles. The lowest BCUT2D eigenvalue weighted by molar-refractivity contribution is -0.445. The third-order valence-electron chi connectivity index (χ3n) is 1.41. The van der Waals surface area contributed by atoms with E-state index in [4.69, 9.17) is 23.2 Å². The van der Waals surface area contributed by atoms with E-state index in [-0.39, 0.29) is 0 Å². The molecule has 1 aromatic rings. The second-order valence-corrected chi connectivity index (χ2v) is 3.35. The number of halogens is 2. The van der Waals surface area contributed by atoms with E-state index in [0.29, 0.717) is 11.3 Å². The number of para-hydroxylation sites is 1. The summed E-state index contributed by atoms with van der Waals surface area (Å²) in [7, 11) is 0. The van der Waals surface area contributed by atoms with Gasteiger partial charge in [0.15, 0.2) is 5.03 Å². The zero-order valence-corrected chi connectivity index (χ0v) is 7.92. The molecule has 1 aromatic carbocycles. The second kappa shape index (κ2) is 4.30. The molecule has 0 aromatic heterocycles. The highest BCUT2D eigenvalue weighted by atomic mass is 35.5. The Morgan fingerprint density at radius 1 is 1.38 bits per heavy atom. The fourth-order valence-electron chi connectivity index (χ4n) is 0.887. The molecule has 0 aliphatic heterocycles. The van der Waals surface area contributed by atoms with Crippen molar-refractivity contribution in [2.75, 3.05) is 5.43 Å². The van der Waals surface area contributed by atoms with Crippen LogP contribution in [0.3, 0.4) is 0 Å². The summed E-state index contributed by atoms with van der Waals surface area (Å²) >= 11 is 11.2. The Kier molecular flexibility index (Phi) is 3.33. The summed E-state index contributed by atoms with van der Waals surface area (Å²) in [6.45, 7) is 0. The highest BCUT2D eigenvalue weighted by molar-refractivity contribution is 6.44. The summed E-state index contributed by atoms with van der Waals surface area (Å²) < 4.78 is 0. The largest absolute Gasteiger partial charge is 0.235 e. The minimum absolute atomic E-state index is 0.308. The summed E-state index contributed by atoms with van der Waals surface area (Å²) in [5.74, 6) is 0. The van der Waals surface area contributed by atoms with Crippen molar-refractivity contribution in [3.63, 3.8) is 0 Å². The Morgan fingerprint density at radius 2 is 2.00 bits per heavy atom. The van der Waals surface area contributed by atoms with Gasteiger partial charge < -0.3 is 0 Å². The van der Waals surface area contributed by atoms with E-state index in [9.17, 15) is 10.1 Å². The van der Waals surface area contributed by atoms with Gasteiger partial charge in [-0.3, -0.25) is 0 Å². The van der Waals surface area contributed by atoms with Gasteiger partial charge in [-0.2, -0.15) is 0 Å². The van der Waals surface area contributed by atoms with Gasteiger partial charge in [0, 0.05) is 5.56 Å². The first kappa shape index (κ1) is 10.1. The van der Waals surface area contributed by atoms with Gasteiger partial charge in [0.25, 0.3) is 0 Å². The number of alkyl halides is 2. The van der Waals surface area contributed by atoms with Gasteiger partial charge in [-0.05, 0) is 6.07 Å². The van der Waals surface area contributed by atoms with Gasteiger partial charge in [-0.15, -0.1) is 5.43 Å². The molecule has 0 amide bonds. The average molecular weight is 221 g/mol. The second-order valence-electron chi connectivity index (χ2n) is 2.26. The quantitative estimate of drug-likeness (QED) is 0.485. The number of nitro groups is 1. The maximum atomic E-state index is 10.2. The Morgan fingerprint density at radius 3 is 2.54 bits per heavy atom. The highest BCUT2D eigenvalue weighted by Gasteiger charge is 2.11. The van der Waals surface area contributed by atoms with Crippen LogP contribution in [0, 0.1) is 10.1 Å². The Hall–Kier alpha value is -1.000. The Bertz CT molecular complexity index is 317. The lowest BCUT2D eigenvalue weighted by Crippen LogP contribution is -2.09. The van der Waals surface area contributed by atoms with Gasteiger partial charge in [0.2, 0.25) is 0 Å². The molecule has 0 aliphatic carbocycles. The number of hydrogen-bond donors (Lipinski definition) is 1. The van der Waals surface area contributed by atoms with Crippen molar-refractivity contribution in [3.05, 3.63) is 39.9 Å². The fourth-order valence-corrected chi connectivity index (χ4v) is 1.27. The van der Waals surface area contributed by atoms with Gasteiger partial charge in [-0.25, -0.2) is 10.1 Å². The van der Waals surface area contributed by atoms with Crippen molar-refractivity contribution in [3.8, 4) is 0 Å². The molecule has 0 fully saturated rings. The first-order valence-electron chi connectivity index (χ1n) is 3.39. The van der Waals surface area contributed by atoms with Crippen LogP contribution in [0.4, 0.5) is 5.69 Å². The summed E-state index contributed by atoms with van der Waals surface area (Å²) in [6.07, 6.45) is 0. The monoisotopic (exact) mass is 220 g/mol. The number of hydrogen-bond acceptors (Lipinski definition) is 2. The predicted molar refractivity (Wildman–Crippen MR) is 51.5 cm³/mol. The van der Waals surface area contributed by atoms with Gasteiger partial charge in [0.05, 0.1) is 0 Å². The van der Waals surface area contributed by atoms with Crippen LogP contribution in [0.1, 0.15) is 10.4 Å². The van der Waals surface area contributed by atoms with Crippen molar-refractivity contribution in [2.24, 2.45) is 0 Å². The third-order valence-corrected chi connectivity index (χ3v) is 1.88. The van der Waals surface area contributed by atoms with E-state index in [1.54, 1.807) is 18.2 Å². The van der Waals surface area contributed by atoms with Crippen LogP contribution < -0.4 is 5.43 Å². The molecule has 0 saturated heterocycles. The minimum atomic E-state index is -0.774. The van der Waals surface area contributed by atoms with Gasteiger partial charge in [-0.1, -0.05) is 41.4 Å². The SMILES string of the molecule is O=[N+]([O-])Nc1ccccc1C(Cl)Cl. The summed E-state index contributed by atoms with van der Waals surface area (Å²) in [5, 5.41) is 9.49. The minimum Gasteiger partial charge on any atom is -0.235 e. The number of rotatable bonds is 3. The first-order valence-corrected chi connectivity index (χ1v) is 4.26. The smallest absolute Gasteiger partial charge is 0.162 e. The average Bonchev–Trinajstić information content (AvgIpc) is 2.03. The molecule has 1 N–H and O–H groups in total. The van der Waals surface area contributed by atoms with Crippen molar-refractivity contribution in [1.82, 2.24) is 0 Å². The molecule has 0 spiro atoms. The van der Waals surface area contributed by atoms with E-state index >= 15 is 0 Å². The summed E-state index contributed by atoms with van der Waals surface area (Å²) in [6, 6.07) is 6.52. The van der Waals surface area contributed by atoms with Crippen molar-refractivity contribution >= 4 is 28.9 Å². The van der Waals surface area contributed by atoms with Crippen molar-refractivity contribution in [2.45, 2.75) is 4.84 Å². The third kappa shape index (κ3) is 2.75. The van der Waals surface area contributed by atoms with Crippen molar-refractivity contribution < 1.29 is 5.03 Å². The molecule has 13 heavy (non-hydrogen) atoms. The van der Waals surface area contributed by atoms with E-state index in [1.807, 2.05) is 5.43 Å². The van der Waals surface area contributed by atoms with Crippen LogP contribution in [0.15, 0.2) is 24.3 Å². The molecule has 0 bridgehead atoms. The number of benzene rings is 1. The molecule has 0 unspecified atom stereocenters. The van der Waals surface area contributed by atoms with Crippen LogP contribution in [-0.4, -0.2) is 5.03 Å². The number of nitrogens with zero attached hydrogens (tertiary/aromatic N) is 1. The molecule has 6 heteroatoms. The molecule has 0 aliphatic rings.